The van der Waals surface area contributed by atoms with Gasteiger partial charge in [0.2, 0.25) is 0 Å². The molecule has 0 unspecified atom stereocenters. The van der Waals surface area contributed by atoms with E-state index in [-0.39, 0.29) is 30.5 Å². The van der Waals surface area contributed by atoms with E-state index in [1.807, 2.05) is 0 Å². The smallest absolute Gasteiger partial charge is 0.354 e. The fourth-order valence-corrected chi connectivity index (χ4v) is 0.606. The second kappa shape index (κ2) is 6.47. The lowest BCUT2D eigenvalue weighted by molar-refractivity contribution is 0.0690. The first kappa shape index (κ1) is 14.5. The van der Waals surface area contributed by atoms with Crippen molar-refractivity contribution in [3.63, 3.8) is 0 Å². The average molecular weight is 226 g/mol. The first-order chi connectivity index (χ1) is 5.24. The molecule has 13 heavy (non-hydrogen) atoms. The third-order valence-electron chi connectivity index (χ3n) is 1.15. The van der Waals surface area contributed by atoms with Crippen LogP contribution in [0.5, 0.6) is 0 Å². The normalized spacial score (nSPS) is 7.77. The molecule has 1 rings (SSSR count). The molecule has 74 valence electrons. The largest absolute Gasteiger partial charge is 0.477 e. The standard InChI is InChI=1S/C6H7N3O2.2ClH/c7-9-4-1-2-5(6(10)11)8-3-4;;/h1-3,9H,7H2,(H,10,11);2*1H. The van der Waals surface area contributed by atoms with Crippen molar-refractivity contribution in [2.45, 2.75) is 0 Å². The van der Waals surface area contributed by atoms with Gasteiger partial charge in [-0.05, 0) is 12.1 Å². The Labute approximate surface area is 87.1 Å². The molecule has 0 radical (unpaired) electrons. The summed E-state index contributed by atoms with van der Waals surface area (Å²) in [6, 6.07) is 2.91. The van der Waals surface area contributed by atoms with E-state index >= 15 is 0 Å². The topological polar surface area (TPSA) is 88.2 Å². The molecule has 0 aromatic carbocycles. The highest BCUT2D eigenvalue weighted by Gasteiger charge is 2.01. The molecule has 0 aliphatic rings. The van der Waals surface area contributed by atoms with Crippen molar-refractivity contribution < 1.29 is 9.90 Å². The van der Waals surface area contributed by atoms with Crippen LogP contribution in [-0.2, 0) is 0 Å². The van der Waals surface area contributed by atoms with Crippen LogP contribution < -0.4 is 11.3 Å². The number of aromatic nitrogens is 1. The number of carbonyl (C=O) groups is 1. The van der Waals surface area contributed by atoms with Gasteiger partial charge in [0.25, 0.3) is 0 Å². The van der Waals surface area contributed by atoms with E-state index in [9.17, 15) is 4.79 Å². The third kappa shape index (κ3) is 3.93. The number of carboxylic acids is 1. The van der Waals surface area contributed by atoms with Crippen molar-refractivity contribution in [1.82, 2.24) is 4.98 Å². The van der Waals surface area contributed by atoms with Crippen molar-refractivity contribution in [3.8, 4) is 0 Å². The number of hydrogen-bond donors (Lipinski definition) is 3. The second-order valence-corrected chi connectivity index (χ2v) is 1.88. The molecular weight excluding hydrogens is 217 g/mol. The van der Waals surface area contributed by atoms with Gasteiger partial charge < -0.3 is 10.5 Å². The van der Waals surface area contributed by atoms with Crippen molar-refractivity contribution >= 4 is 36.5 Å². The Bertz CT molecular complexity index is 265. The summed E-state index contributed by atoms with van der Waals surface area (Å²) in [5, 5.41) is 8.43. The van der Waals surface area contributed by atoms with E-state index in [1.165, 1.54) is 18.3 Å². The maximum Gasteiger partial charge on any atom is 0.354 e. The van der Waals surface area contributed by atoms with Crippen LogP contribution in [0.4, 0.5) is 5.69 Å². The molecular formula is C6H9Cl2N3O2. The number of hydrazine groups is 1. The number of hydrogen-bond acceptors (Lipinski definition) is 4. The Balaban J connectivity index is 0. The first-order valence-electron chi connectivity index (χ1n) is 2.90. The average Bonchev–Trinajstić information content (AvgIpc) is 2.05. The number of anilines is 1. The Hall–Kier alpha value is -1.04. The predicted molar refractivity (Wildman–Crippen MR) is 53.5 cm³/mol. The monoisotopic (exact) mass is 225 g/mol. The van der Waals surface area contributed by atoms with Crippen LogP contribution in [0.3, 0.4) is 0 Å². The fourth-order valence-electron chi connectivity index (χ4n) is 0.606. The minimum Gasteiger partial charge on any atom is -0.477 e. The number of rotatable bonds is 2. The summed E-state index contributed by atoms with van der Waals surface area (Å²) in [4.78, 5) is 13.9. The molecule has 0 bridgehead atoms. The van der Waals surface area contributed by atoms with Crippen LogP contribution in [0.1, 0.15) is 10.5 Å². The Morgan fingerprint density at radius 2 is 2.08 bits per heavy atom. The van der Waals surface area contributed by atoms with Gasteiger partial charge in [-0.3, -0.25) is 5.84 Å². The Kier molecular flexibility index (Phi) is 7.21. The molecule has 0 aliphatic carbocycles. The van der Waals surface area contributed by atoms with Gasteiger partial charge >= 0.3 is 5.97 Å². The summed E-state index contributed by atoms with van der Waals surface area (Å²) in [6.07, 6.45) is 1.35. The van der Waals surface area contributed by atoms with E-state index in [1.54, 1.807) is 0 Å². The number of halogens is 2. The molecule has 0 spiro atoms. The van der Waals surface area contributed by atoms with Crippen molar-refractivity contribution in [2.24, 2.45) is 5.84 Å². The molecule has 0 fully saturated rings. The van der Waals surface area contributed by atoms with Crippen molar-refractivity contribution in [2.75, 3.05) is 5.43 Å². The molecule has 1 aromatic heterocycles. The molecule has 0 aliphatic heterocycles. The van der Waals surface area contributed by atoms with Crippen molar-refractivity contribution in [1.29, 1.82) is 0 Å². The van der Waals surface area contributed by atoms with Gasteiger partial charge in [-0.25, -0.2) is 9.78 Å². The van der Waals surface area contributed by atoms with E-state index in [0.717, 1.165) is 0 Å². The van der Waals surface area contributed by atoms with Crippen LogP contribution in [0.15, 0.2) is 18.3 Å². The number of nitrogens with zero attached hydrogens (tertiary/aromatic N) is 1. The second-order valence-electron chi connectivity index (χ2n) is 1.88. The van der Waals surface area contributed by atoms with Crippen LogP contribution in [0, 0.1) is 0 Å². The molecule has 5 nitrogen and oxygen atoms in total. The van der Waals surface area contributed by atoms with Crippen LogP contribution in [0.2, 0.25) is 0 Å². The maximum absolute atomic E-state index is 10.3. The van der Waals surface area contributed by atoms with E-state index in [0.29, 0.717) is 5.69 Å². The fraction of sp³-hybridized carbons (Fsp3) is 0. The van der Waals surface area contributed by atoms with Gasteiger partial charge in [-0.2, -0.15) is 0 Å². The molecule has 1 heterocycles. The van der Waals surface area contributed by atoms with Gasteiger partial charge in [-0.15, -0.1) is 24.8 Å². The lowest BCUT2D eigenvalue weighted by Gasteiger charge is -1.97. The zero-order valence-corrected chi connectivity index (χ0v) is 8.06. The molecule has 1 aromatic rings. The van der Waals surface area contributed by atoms with Crippen molar-refractivity contribution in [3.05, 3.63) is 24.0 Å². The Morgan fingerprint density at radius 3 is 2.38 bits per heavy atom. The van der Waals surface area contributed by atoms with Crippen LogP contribution in [0.25, 0.3) is 0 Å². The first-order valence-corrected chi connectivity index (χ1v) is 2.90. The summed E-state index contributed by atoms with van der Waals surface area (Å²) >= 11 is 0. The SMILES string of the molecule is Cl.Cl.NNc1ccc(C(=O)O)nc1. The number of pyridine rings is 1. The number of nitrogen functional groups attached to an aromatic ring is 1. The van der Waals surface area contributed by atoms with E-state index in [4.69, 9.17) is 10.9 Å². The zero-order chi connectivity index (χ0) is 8.27. The quantitative estimate of drug-likeness (QED) is 0.515. The van der Waals surface area contributed by atoms with Gasteiger partial charge in [0.1, 0.15) is 5.69 Å². The number of carboxylic acid groups (broad SMARTS) is 1. The van der Waals surface area contributed by atoms with Gasteiger partial charge in [0.05, 0.1) is 11.9 Å². The molecule has 4 N–H and O–H groups in total. The van der Waals surface area contributed by atoms with Crippen LogP contribution in [-0.4, -0.2) is 16.1 Å². The minimum atomic E-state index is -1.05. The zero-order valence-electron chi connectivity index (χ0n) is 6.43. The van der Waals surface area contributed by atoms with Crippen LogP contribution >= 0.6 is 24.8 Å². The highest BCUT2D eigenvalue weighted by molar-refractivity contribution is 5.86. The summed E-state index contributed by atoms with van der Waals surface area (Å²) < 4.78 is 0. The molecule has 0 atom stereocenters. The minimum absolute atomic E-state index is 0. The molecule has 0 saturated heterocycles. The third-order valence-corrected chi connectivity index (χ3v) is 1.15. The Morgan fingerprint density at radius 1 is 1.46 bits per heavy atom. The summed E-state index contributed by atoms with van der Waals surface area (Å²) in [5.74, 6) is 3.99. The molecule has 0 saturated carbocycles. The predicted octanol–water partition coefficient (Wildman–Crippen LogP) is 0.909. The lowest BCUT2D eigenvalue weighted by Crippen LogP contribution is -2.08. The van der Waals surface area contributed by atoms with Gasteiger partial charge in [-0.1, -0.05) is 0 Å². The van der Waals surface area contributed by atoms with Gasteiger partial charge in [0.15, 0.2) is 0 Å². The highest BCUT2D eigenvalue weighted by atomic mass is 35.5. The van der Waals surface area contributed by atoms with Gasteiger partial charge in [0, 0.05) is 0 Å². The number of nitrogens with two attached hydrogens (primary N) is 1. The summed E-state index contributed by atoms with van der Waals surface area (Å²) in [5.41, 5.74) is 2.92. The van der Waals surface area contributed by atoms with E-state index < -0.39 is 5.97 Å². The summed E-state index contributed by atoms with van der Waals surface area (Å²) in [6.45, 7) is 0. The number of aromatic carboxylic acids is 1. The highest BCUT2D eigenvalue weighted by Crippen LogP contribution is 2.03. The molecule has 7 heteroatoms. The van der Waals surface area contributed by atoms with E-state index in [2.05, 4.69) is 10.4 Å². The molecule has 0 amide bonds. The lowest BCUT2D eigenvalue weighted by atomic mass is 10.3. The maximum atomic E-state index is 10.3. The number of nitrogens with one attached hydrogen (secondary N) is 1. The summed E-state index contributed by atoms with van der Waals surface area (Å²) in [7, 11) is 0.